The van der Waals surface area contributed by atoms with Crippen molar-refractivity contribution in [2.45, 2.75) is 26.9 Å². The molecule has 118 valence electrons. The Hall–Kier alpha value is -2.59. The van der Waals surface area contributed by atoms with Gasteiger partial charge in [0.25, 0.3) is 0 Å². The fourth-order valence-corrected chi connectivity index (χ4v) is 3.11. The van der Waals surface area contributed by atoms with Crippen LogP contribution in [0.1, 0.15) is 33.9 Å². The standard InChI is InChI=1S/C19H20N2O2/c1-12-8-13(2)18(14(3)9-12)19(23)16-10-15(4-5-17(16)22)21-7-6-20-11-21/h4-11,19,22-23H,1-3H3. The van der Waals surface area contributed by atoms with E-state index >= 15 is 0 Å². The van der Waals surface area contributed by atoms with Gasteiger partial charge in [-0.05, 0) is 55.7 Å². The third-order valence-corrected chi connectivity index (χ3v) is 4.12. The summed E-state index contributed by atoms with van der Waals surface area (Å²) in [6.07, 6.45) is 4.33. The number of benzene rings is 2. The highest BCUT2D eigenvalue weighted by Gasteiger charge is 2.19. The minimum atomic E-state index is -0.876. The summed E-state index contributed by atoms with van der Waals surface area (Å²) in [5, 5.41) is 21.1. The summed E-state index contributed by atoms with van der Waals surface area (Å²) in [6, 6.07) is 9.28. The summed E-state index contributed by atoms with van der Waals surface area (Å²) in [5.41, 5.74) is 5.37. The van der Waals surface area contributed by atoms with Gasteiger partial charge >= 0.3 is 0 Å². The first-order valence-corrected chi connectivity index (χ1v) is 7.54. The van der Waals surface area contributed by atoms with Gasteiger partial charge in [-0.25, -0.2) is 4.98 Å². The molecule has 0 saturated heterocycles. The van der Waals surface area contributed by atoms with E-state index < -0.39 is 6.10 Å². The number of phenols is 1. The minimum absolute atomic E-state index is 0.0840. The summed E-state index contributed by atoms with van der Waals surface area (Å²) in [4.78, 5) is 4.03. The molecule has 3 rings (SSSR count). The van der Waals surface area contributed by atoms with Crippen molar-refractivity contribution in [2.24, 2.45) is 0 Å². The van der Waals surface area contributed by atoms with E-state index in [1.54, 1.807) is 30.7 Å². The molecule has 23 heavy (non-hydrogen) atoms. The number of nitrogens with zero attached hydrogens (tertiary/aromatic N) is 2. The van der Waals surface area contributed by atoms with Gasteiger partial charge in [0.05, 0.1) is 6.33 Å². The molecule has 0 bridgehead atoms. The lowest BCUT2D eigenvalue weighted by molar-refractivity contribution is 0.214. The zero-order valence-corrected chi connectivity index (χ0v) is 13.5. The summed E-state index contributed by atoms with van der Waals surface area (Å²) < 4.78 is 1.84. The van der Waals surface area contributed by atoms with Crippen LogP contribution in [0.5, 0.6) is 5.75 Å². The highest BCUT2D eigenvalue weighted by atomic mass is 16.3. The van der Waals surface area contributed by atoms with Crippen LogP contribution in [0, 0.1) is 20.8 Å². The van der Waals surface area contributed by atoms with Gasteiger partial charge in [-0.2, -0.15) is 0 Å². The average Bonchev–Trinajstić information content (AvgIpc) is 3.00. The molecule has 0 saturated carbocycles. The number of aliphatic hydroxyl groups excluding tert-OH is 1. The van der Waals surface area contributed by atoms with Crippen molar-refractivity contribution in [2.75, 3.05) is 0 Å². The molecule has 0 fully saturated rings. The molecule has 0 amide bonds. The molecule has 0 radical (unpaired) electrons. The summed E-state index contributed by atoms with van der Waals surface area (Å²) in [5.74, 6) is 0.0840. The third-order valence-electron chi connectivity index (χ3n) is 4.12. The molecule has 2 aromatic carbocycles. The largest absolute Gasteiger partial charge is 0.508 e. The van der Waals surface area contributed by atoms with E-state index in [1.807, 2.05) is 43.7 Å². The lowest BCUT2D eigenvalue weighted by Crippen LogP contribution is -2.06. The molecule has 2 N–H and O–H groups in total. The predicted octanol–water partition coefficient (Wildman–Crippen LogP) is 3.58. The first-order valence-electron chi connectivity index (χ1n) is 7.54. The quantitative estimate of drug-likeness (QED) is 0.777. The molecule has 4 heteroatoms. The Morgan fingerprint density at radius 1 is 1.04 bits per heavy atom. The van der Waals surface area contributed by atoms with Crippen molar-refractivity contribution in [1.29, 1.82) is 0 Å². The number of rotatable bonds is 3. The highest BCUT2D eigenvalue weighted by molar-refractivity contribution is 5.50. The fourth-order valence-electron chi connectivity index (χ4n) is 3.11. The number of imidazole rings is 1. The van der Waals surface area contributed by atoms with Gasteiger partial charge in [-0.1, -0.05) is 17.7 Å². The Kier molecular flexibility index (Phi) is 3.92. The number of aromatic hydroxyl groups is 1. The van der Waals surface area contributed by atoms with Gasteiger partial charge in [-0.3, -0.25) is 0 Å². The summed E-state index contributed by atoms with van der Waals surface area (Å²) in [7, 11) is 0. The minimum Gasteiger partial charge on any atom is -0.508 e. The van der Waals surface area contributed by atoms with E-state index in [4.69, 9.17) is 0 Å². The first kappa shape index (κ1) is 15.3. The lowest BCUT2D eigenvalue weighted by atomic mass is 9.91. The van der Waals surface area contributed by atoms with Crippen LogP contribution in [0.4, 0.5) is 0 Å². The molecule has 0 aliphatic carbocycles. The molecule has 1 heterocycles. The second-order valence-corrected chi connectivity index (χ2v) is 5.93. The maximum Gasteiger partial charge on any atom is 0.121 e. The monoisotopic (exact) mass is 308 g/mol. The highest BCUT2D eigenvalue weighted by Crippen LogP contribution is 2.34. The van der Waals surface area contributed by atoms with Gasteiger partial charge in [0.1, 0.15) is 11.9 Å². The topological polar surface area (TPSA) is 58.3 Å². The zero-order valence-electron chi connectivity index (χ0n) is 13.5. The molecule has 3 aromatic rings. The Morgan fingerprint density at radius 2 is 1.74 bits per heavy atom. The molecule has 1 aromatic heterocycles. The van der Waals surface area contributed by atoms with Crippen molar-refractivity contribution in [3.63, 3.8) is 0 Å². The van der Waals surface area contributed by atoms with Crippen LogP contribution in [0.2, 0.25) is 0 Å². The van der Waals surface area contributed by atoms with Gasteiger partial charge in [0.2, 0.25) is 0 Å². The van der Waals surface area contributed by atoms with Crippen molar-refractivity contribution in [3.05, 3.63) is 76.9 Å². The van der Waals surface area contributed by atoms with Gasteiger partial charge in [-0.15, -0.1) is 0 Å². The third kappa shape index (κ3) is 2.85. The van der Waals surface area contributed by atoms with E-state index in [1.165, 1.54) is 0 Å². The molecular weight excluding hydrogens is 288 g/mol. The number of aromatic nitrogens is 2. The van der Waals surface area contributed by atoms with Crippen molar-refractivity contribution < 1.29 is 10.2 Å². The smallest absolute Gasteiger partial charge is 0.121 e. The molecule has 0 aliphatic heterocycles. The van der Waals surface area contributed by atoms with Gasteiger partial charge < -0.3 is 14.8 Å². The second kappa shape index (κ2) is 5.89. The van der Waals surface area contributed by atoms with Gasteiger partial charge in [0.15, 0.2) is 0 Å². The number of hydrogen-bond acceptors (Lipinski definition) is 3. The normalized spacial score (nSPS) is 12.3. The van der Waals surface area contributed by atoms with Crippen molar-refractivity contribution >= 4 is 0 Å². The van der Waals surface area contributed by atoms with E-state index in [-0.39, 0.29) is 5.75 Å². The van der Waals surface area contributed by atoms with Crippen LogP contribution >= 0.6 is 0 Å². The Balaban J connectivity index is 2.10. The van der Waals surface area contributed by atoms with Crippen LogP contribution in [0.15, 0.2) is 49.1 Å². The number of aliphatic hydroxyl groups is 1. The van der Waals surface area contributed by atoms with Crippen molar-refractivity contribution in [1.82, 2.24) is 9.55 Å². The SMILES string of the molecule is Cc1cc(C)c(C(O)c2cc(-n3ccnc3)ccc2O)c(C)c1. The second-order valence-electron chi connectivity index (χ2n) is 5.93. The van der Waals surface area contributed by atoms with Crippen LogP contribution in [-0.2, 0) is 0 Å². The predicted molar refractivity (Wildman–Crippen MR) is 89.9 cm³/mol. The molecule has 1 atom stereocenters. The molecule has 0 aliphatic rings. The summed E-state index contributed by atoms with van der Waals surface area (Å²) >= 11 is 0. The van der Waals surface area contributed by atoms with Crippen molar-refractivity contribution in [3.8, 4) is 11.4 Å². The Bertz CT molecular complexity index is 816. The maximum absolute atomic E-state index is 10.9. The van der Waals surface area contributed by atoms with Gasteiger partial charge in [0, 0.05) is 23.6 Å². The molecular formula is C19H20N2O2. The molecule has 0 spiro atoms. The van der Waals surface area contributed by atoms with E-state index in [0.717, 1.165) is 27.9 Å². The van der Waals surface area contributed by atoms with E-state index in [0.29, 0.717) is 5.56 Å². The van der Waals surface area contributed by atoms with Crippen LogP contribution < -0.4 is 0 Å². The lowest BCUT2D eigenvalue weighted by Gasteiger charge is -2.19. The van der Waals surface area contributed by atoms with Crippen LogP contribution in [0.3, 0.4) is 0 Å². The van der Waals surface area contributed by atoms with Crippen LogP contribution in [0.25, 0.3) is 5.69 Å². The number of aryl methyl sites for hydroxylation is 3. The fraction of sp³-hybridized carbons (Fsp3) is 0.211. The summed E-state index contributed by atoms with van der Waals surface area (Å²) in [6.45, 7) is 6.00. The Morgan fingerprint density at radius 3 is 2.35 bits per heavy atom. The van der Waals surface area contributed by atoms with Crippen LogP contribution in [-0.4, -0.2) is 19.8 Å². The maximum atomic E-state index is 10.9. The zero-order chi connectivity index (χ0) is 16.6. The molecule has 1 unspecified atom stereocenters. The Labute approximate surface area is 135 Å². The number of hydrogen-bond donors (Lipinski definition) is 2. The average molecular weight is 308 g/mol. The molecule has 4 nitrogen and oxygen atoms in total. The first-order chi connectivity index (χ1) is 11.0. The van der Waals surface area contributed by atoms with E-state index in [2.05, 4.69) is 4.98 Å². The number of phenolic OH excluding ortho intramolecular Hbond substituents is 1. The van der Waals surface area contributed by atoms with E-state index in [9.17, 15) is 10.2 Å².